The van der Waals surface area contributed by atoms with E-state index >= 15 is 0 Å². The molecule has 1 aliphatic heterocycles. The van der Waals surface area contributed by atoms with Crippen LogP contribution in [0.2, 0.25) is 0 Å². The Morgan fingerprint density at radius 2 is 1.88 bits per heavy atom. The highest BCUT2D eigenvalue weighted by molar-refractivity contribution is 5.40. The number of rotatable bonds is 2. The van der Waals surface area contributed by atoms with Crippen molar-refractivity contribution >= 4 is 5.82 Å². The summed E-state index contributed by atoms with van der Waals surface area (Å²) in [5.41, 5.74) is 0.218. The van der Waals surface area contributed by atoms with Crippen LogP contribution in [0, 0.1) is 0 Å². The van der Waals surface area contributed by atoms with Gasteiger partial charge in [0.05, 0.1) is 6.42 Å². The summed E-state index contributed by atoms with van der Waals surface area (Å²) >= 11 is 0. The average Bonchev–Trinajstić information content (AvgIpc) is 2.69. The molecule has 1 aromatic rings. The second-order valence-corrected chi connectivity index (χ2v) is 4.01. The van der Waals surface area contributed by atoms with Gasteiger partial charge in [-0.05, 0) is 24.5 Å². The highest BCUT2D eigenvalue weighted by Gasteiger charge is 2.27. The SMILES string of the molecule is FC(F)(F)Cc1ccc(N2CCCC2)nc1. The van der Waals surface area contributed by atoms with Crippen molar-refractivity contribution in [3.8, 4) is 0 Å². The molecular formula is C11H13F3N2. The van der Waals surface area contributed by atoms with Crippen molar-refractivity contribution in [1.29, 1.82) is 0 Å². The largest absolute Gasteiger partial charge is 0.393 e. The summed E-state index contributed by atoms with van der Waals surface area (Å²) in [5, 5.41) is 0. The molecule has 0 radical (unpaired) electrons. The highest BCUT2D eigenvalue weighted by atomic mass is 19.4. The molecule has 0 atom stereocenters. The second-order valence-electron chi connectivity index (χ2n) is 4.01. The Balaban J connectivity index is 2.04. The van der Waals surface area contributed by atoms with E-state index < -0.39 is 12.6 Å². The smallest absolute Gasteiger partial charge is 0.357 e. The Kier molecular flexibility index (Phi) is 3.03. The van der Waals surface area contributed by atoms with Crippen molar-refractivity contribution in [3.63, 3.8) is 0 Å². The van der Waals surface area contributed by atoms with Gasteiger partial charge in [-0.3, -0.25) is 0 Å². The Hall–Kier alpha value is -1.26. The summed E-state index contributed by atoms with van der Waals surface area (Å²) in [7, 11) is 0. The Bertz CT molecular complexity index is 339. The Morgan fingerprint density at radius 3 is 2.38 bits per heavy atom. The lowest BCUT2D eigenvalue weighted by atomic mass is 10.2. The summed E-state index contributed by atoms with van der Waals surface area (Å²) < 4.78 is 36.3. The molecule has 2 rings (SSSR count). The molecule has 0 saturated carbocycles. The highest BCUT2D eigenvalue weighted by Crippen LogP contribution is 2.23. The number of pyridine rings is 1. The maximum absolute atomic E-state index is 12.1. The molecule has 2 nitrogen and oxygen atoms in total. The van der Waals surface area contributed by atoms with Crippen molar-refractivity contribution in [2.45, 2.75) is 25.4 Å². The van der Waals surface area contributed by atoms with Crippen molar-refractivity contribution in [1.82, 2.24) is 4.98 Å². The van der Waals surface area contributed by atoms with Crippen LogP contribution in [-0.2, 0) is 6.42 Å². The fourth-order valence-corrected chi connectivity index (χ4v) is 1.89. The van der Waals surface area contributed by atoms with E-state index in [0.717, 1.165) is 31.7 Å². The third-order valence-electron chi connectivity index (χ3n) is 2.64. The van der Waals surface area contributed by atoms with Gasteiger partial charge in [0.2, 0.25) is 0 Å². The van der Waals surface area contributed by atoms with Gasteiger partial charge in [0.25, 0.3) is 0 Å². The van der Waals surface area contributed by atoms with E-state index in [0.29, 0.717) is 0 Å². The lowest BCUT2D eigenvalue weighted by Crippen LogP contribution is -2.19. The molecule has 2 heterocycles. The van der Waals surface area contributed by atoms with Crippen LogP contribution in [0.3, 0.4) is 0 Å². The summed E-state index contributed by atoms with van der Waals surface area (Å²) in [6, 6.07) is 3.18. The molecule has 1 aromatic heterocycles. The molecular weight excluding hydrogens is 217 g/mol. The minimum absolute atomic E-state index is 0.218. The lowest BCUT2D eigenvalue weighted by molar-refractivity contribution is -0.127. The molecule has 0 spiro atoms. The van der Waals surface area contributed by atoms with Crippen LogP contribution in [0.25, 0.3) is 0 Å². The summed E-state index contributed by atoms with van der Waals surface area (Å²) in [4.78, 5) is 6.17. The van der Waals surface area contributed by atoms with E-state index in [1.54, 1.807) is 6.07 Å². The van der Waals surface area contributed by atoms with Crippen molar-refractivity contribution < 1.29 is 13.2 Å². The van der Waals surface area contributed by atoms with Gasteiger partial charge in [-0.2, -0.15) is 13.2 Å². The van der Waals surface area contributed by atoms with Gasteiger partial charge in [0.1, 0.15) is 5.82 Å². The third kappa shape index (κ3) is 2.87. The zero-order chi connectivity index (χ0) is 11.6. The number of alkyl halides is 3. The minimum atomic E-state index is -4.16. The first-order valence-corrected chi connectivity index (χ1v) is 5.31. The van der Waals surface area contributed by atoms with Crippen LogP contribution in [0.5, 0.6) is 0 Å². The third-order valence-corrected chi connectivity index (χ3v) is 2.64. The standard InChI is InChI=1S/C11H13F3N2/c12-11(13,14)7-9-3-4-10(15-8-9)16-5-1-2-6-16/h3-4,8H,1-2,5-7H2. The molecule has 88 valence electrons. The van der Waals surface area contributed by atoms with Crippen LogP contribution in [0.1, 0.15) is 18.4 Å². The minimum Gasteiger partial charge on any atom is -0.357 e. The number of hydrogen-bond donors (Lipinski definition) is 0. The summed E-state index contributed by atoms with van der Waals surface area (Å²) in [6.45, 7) is 1.90. The van der Waals surface area contributed by atoms with Gasteiger partial charge in [-0.15, -0.1) is 0 Å². The van der Waals surface area contributed by atoms with Crippen molar-refractivity contribution in [2.24, 2.45) is 0 Å². The van der Waals surface area contributed by atoms with Gasteiger partial charge in [0, 0.05) is 19.3 Å². The molecule has 0 aromatic carbocycles. The first-order valence-electron chi connectivity index (χ1n) is 5.31. The van der Waals surface area contributed by atoms with Crippen LogP contribution < -0.4 is 4.90 Å². The molecule has 0 unspecified atom stereocenters. The fraction of sp³-hybridized carbons (Fsp3) is 0.545. The first kappa shape index (κ1) is 11.2. The molecule has 0 N–H and O–H groups in total. The Morgan fingerprint density at radius 1 is 1.19 bits per heavy atom. The number of hydrogen-bond acceptors (Lipinski definition) is 2. The molecule has 1 aliphatic rings. The fourth-order valence-electron chi connectivity index (χ4n) is 1.89. The van der Waals surface area contributed by atoms with Gasteiger partial charge in [0.15, 0.2) is 0 Å². The number of halogens is 3. The second kappa shape index (κ2) is 4.31. The van der Waals surface area contributed by atoms with E-state index in [4.69, 9.17) is 0 Å². The zero-order valence-electron chi connectivity index (χ0n) is 8.80. The molecule has 1 fully saturated rings. The van der Waals surface area contributed by atoms with Crippen LogP contribution in [-0.4, -0.2) is 24.2 Å². The van der Waals surface area contributed by atoms with Crippen molar-refractivity contribution in [3.05, 3.63) is 23.9 Å². The van der Waals surface area contributed by atoms with E-state index in [1.807, 2.05) is 0 Å². The molecule has 0 aliphatic carbocycles. The van der Waals surface area contributed by atoms with Crippen LogP contribution in [0.4, 0.5) is 19.0 Å². The molecule has 1 saturated heterocycles. The number of anilines is 1. The summed E-state index contributed by atoms with van der Waals surface area (Å²) in [6.07, 6.45) is -1.48. The van der Waals surface area contributed by atoms with E-state index in [1.165, 1.54) is 12.3 Å². The molecule has 0 bridgehead atoms. The van der Waals surface area contributed by atoms with Crippen LogP contribution >= 0.6 is 0 Å². The topological polar surface area (TPSA) is 16.1 Å². The average molecular weight is 230 g/mol. The van der Waals surface area contributed by atoms with Gasteiger partial charge < -0.3 is 4.90 Å². The van der Waals surface area contributed by atoms with E-state index in [2.05, 4.69) is 9.88 Å². The maximum Gasteiger partial charge on any atom is 0.393 e. The van der Waals surface area contributed by atoms with Crippen LogP contribution in [0.15, 0.2) is 18.3 Å². The first-order chi connectivity index (χ1) is 7.54. The molecule has 16 heavy (non-hydrogen) atoms. The van der Waals surface area contributed by atoms with E-state index in [9.17, 15) is 13.2 Å². The normalized spacial score (nSPS) is 16.8. The zero-order valence-corrected chi connectivity index (χ0v) is 8.80. The summed E-state index contributed by atoms with van der Waals surface area (Å²) in [5.74, 6) is 0.781. The lowest BCUT2D eigenvalue weighted by Gasteiger charge is -2.16. The van der Waals surface area contributed by atoms with Gasteiger partial charge in [-0.25, -0.2) is 4.98 Å². The van der Waals surface area contributed by atoms with E-state index in [-0.39, 0.29) is 5.56 Å². The predicted octanol–water partition coefficient (Wildman–Crippen LogP) is 2.79. The van der Waals surface area contributed by atoms with Gasteiger partial charge in [-0.1, -0.05) is 6.07 Å². The quantitative estimate of drug-likeness (QED) is 0.776. The molecule has 5 heteroatoms. The van der Waals surface area contributed by atoms with Gasteiger partial charge >= 0.3 is 6.18 Å². The Labute approximate surface area is 92.1 Å². The monoisotopic (exact) mass is 230 g/mol. The molecule has 0 amide bonds. The predicted molar refractivity (Wildman–Crippen MR) is 55.4 cm³/mol. The number of nitrogens with zero attached hydrogens (tertiary/aromatic N) is 2. The maximum atomic E-state index is 12.1. The number of aromatic nitrogens is 1. The van der Waals surface area contributed by atoms with Crippen molar-refractivity contribution in [2.75, 3.05) is 18.0 Å².